The molecule has 0 radical (unpaired) electrons. The number of methoxy groups -OCH3 is 2. The van der Waals surface area contributed by atoms with Gasteiger partial charge in [0.15, 0.2) is 0 Å². The molecule has 0 aliphatic rings. The number of hydrogen-bond acceptors (Lipinski definition) is 4. The topological polar surface area (TPSA) is 48.7 Å². The second-order valence-corrected chi connectivity index (χ2v) is 7.72. The monoisotopic (exact) mass is 425 g/mol. The molecule has 4 aromatic rings. The zero-order valence-corrected chi connectivity index (χ0v) is 17.1. The molecule has 0 aliphatic heterocycles. The van der Waals surface area contributed by atoms with E-state index >= 15 is 0 Å². The summed E-state index contributed by atoms with van der Waals surface area (Å²) in [6, 6.07) is 16.3. The number of nitrogens with zero attached hydrogens (tertiary/aromatic N) is 3. The fourth-order valence-electron chi connectivity index (χ4n) is 3.10. The molecule has 0 unspecified atom stereocenters. The van der Waals surface area contributed by atoms with E-state index in [1.165, 1.54) is 0 Å². The van der Waals surface area contributed by atoms with Crippen molar-refractivity contribution < 1.29 is 9.47 Å². The third-order valence-corrected chi connectivity index (χ3v) is 5.96. The summed E-state index contributed by atoms with van der Waals surface area (Å²) in [5.41, 5.74) is 4.88. The molecule has 0 aliphatic carbocycles. The van der Waals surface area contributed by atoms with E-state index < -0.39 is 0 Å². The first-order valence-electron chi connectivity index (χ1n) is 8.44. The molecule has 2 aromatic carbocycles. The molecule has 0 saturated heterocycles. The Morgan fingerprint density at radius 3 is 2.44 bits per heavy atom. The normalized spacial score (nSPS) is 10.9. The molecular weight excluding hydrogens is 405 g/mol. The van der Waals surface area contributed by atoms with Gasteiger partial charge in [0, 0.05) is 0 Å². The molecule has 0 atom stereocenters. The van der Waals surface area contributed by atoms with Gasteiger partial charge in [-0.25, -0.2) is 0 Å². The fourth-order valence-corrected chi connectivity index (χ4v) is 4.38. The Bertz CT molecular complexity index is 1070. The SMILES string of the molecule is COc1cc(-c2cncc3cc(-c4ccccc4)nn23)cc([Se]C)c1OC. The average Bonchev–Trinajstić information content (AvgIpc) is 3.17. The van der Waals surface area contributed by atoms with Crippen LogP contribution in [-0.4, -0.2) is 43.8 Å². The number of benzene rings is 2. The number of hydrogen-bond donors (Lipinski definition) is 0. The van der Waals surface area contributed by atoms with Crippen molar-refractivity contribution in [3.8, 4) is 34.0 Å². The van der Waals surface area contributed by atoms with Crippen molar-refractivity contribution in [2.45, 2.75) is 5.82 Å². The van der Waals surface area contributed by atoms with Crippen LogP contribution >= 0.6 is 0 Å². The second kappa shape index (κ2) is 7.43. The summed E-state index contributed by atoms with van der Waals surface area (Å²) in [5, 5.41) is 4.82. The molecule has 0 saturated carbocycles. The molecule has 2 heterocycles. The van der Waals surface area contributed by atoms with Gasteiger partial charge in [-0.05, 0) is 0 Å². The van der Waals surface area contributed by atoms with E-state index in [0.717, 1.165) is 44.0 Å². The quantitative estimate of drug-likeness (QED) is 0.461. The fraction of sp³-hybridized carbons (Fsp3) is 0.143. The van der Waals surface area contributed by atoms with Gasteiger partial charge in [-0.2, -0.15) is 0 Å². The third kappa shape index (κ3) is 3.18. The number of rotatable bonds is 5. The summed E-state index contributed by atoms with van der Waals surface area (Å²) in [5.74, 6) is 3.68. The van der Waals surface area contributed by atoms with Crippen LogP contribution in [0.2, 0.25) is 5.82 Å². The Morgan fingerprint density at radius 1 is 0.926 bits per heavy atom. The van der Waals surface area contributed by atoms with E-state index in [1.807, 2.05) is 41.2 Å². The predicted octanol–water partition coefficient (Wildman–Crippen LogP) is 3.46. The Hall–Kier alpha value is -2.82. The first kappa shape index (κ1) is 17.6. The summed E-state index contributed by atoms with van der Waals surface area (Å²) >= 11 is 0.259. The Labute approximate surface area is 164 Å². The van der Waals surface area contributed by atoms with Crippen molar-refractivity contribution in [3.05, 3.63) is 60.9 Å². The molecular formula is C21H19N3O2Se. The van der Waals surface area contributed by atoms with Crippen molar-refractivity contribution in [2.75, 3.05) is 14.2 Å². The van der Waals surface area contributed by atoms with Crippen molar-refractivity contribution in [2.24, 2.45) is 0 Å². The van der Waals surface area contributed by atoms with Crippen LogP contribution in [0, 0.1) is 0 Å². The van der Waals surface area contributed by atoms with E-state index in [9.17, 15) is 0 Å². The van der Waals surface area contributed by atoms with E-state index in [1.54, 1.807) is 14.2 Å². The van der Waals surface area contributed by atoms with Crippen LogP contribution in [0.4, 0.5) is 0 Å². The molecule has 136 valence electrons. The van der Waals surface area contributed by atoms with Gasteiger partial charge in [-0.15, -0.1) is 0 Å². The van der Waals surface area contributed by atoms with Crippen LogP contribution in [0.3, 0.4) is 0 Å². The Morgan fingerprint density at radius 2 is 1.74 bits per heavy atom. The van der Waals surface area contributed by atoms with Crippen molar-refractivity contribution in [3.63, 3.8) is 0 Å². The maximum atomic E-state index is 5.56. The van der Waals surface area contributed by atoms with Gasteiger partial charge in [0.05, 0.1) is 0 Å². The van der Waals surface area contributed by atoms with Crippen LogP contribution in [0.25, 0.3) is 28.0 Å². The number of aromatic nitrogens is 3. The summed E-state index contributed by atoms with van der Waals surface area (Å²) in [7, 11) is 3.34. The molecule has 0 bridgehead atoms. The number of ether oxygens (including phenoxy) is 2. The molecule has 0 fully saturated rings. The van der Waals surface area contributed by atoms with Crippen LogP contribution in [0.5, 0.6) is 11.5 Å². The summed E-state index contributed by atoms with van der Waals surface area (Å²) < 4.78 is 14.2. The average molecular weight is 424 g/mol. The van der Waals surface area contributed by atoms with Gasteiger partial charge < -0.3 is 0 Å². The Balaban J connectivity index is 1.91. The third-order valence-electron chi connectivity index (χ3n) is 4.40. The van der Waals surface area contributed by atoms with Crippen molar-refractivity contribution >= 4 is 24.9 Å². The van der Waals surface area contributed by atoms with Crippen LogP contribution in [0.1, 0.15) is 0 Å². The molecule has 0 spiro atoms. The van der Waals surface area contributed by atoms with Crippen LogP contribution in [-0.2, 0) is 0 Å². The van der Waals surface area contributed by atoms with E-state index in [0.29, 0.717) is 0 Å². The minimum absolute atomic E-state index is 0.259. The Kier molecular flexibility index (Phi) is 4.84. The summed E-state index contributed by atoms with van der Waals surface area (Å²) in [4.78, 5) is 4.42. The van der Waals surface area contributed by atoms with Gasteiger partial charge in [0.25, 0.3) is 0 Å². The van der Waals surface area contributed by atoms with Gasteiger partial charge >= 0.3 is 164 Å². The van der Waals surface area contributed by atoms with Crippen molar-refractivity contribution in [1.82, 2.24) is 14.6 Å². The van der Waals surface area contributed by atoms with Gasteiger partial charge in [-0.3, -0.25) is 0 Å². The predicted molar refractivity (Wildman–Crippen MR) is 108 cm³/mol. The molecule has 27 heavy (non-hydrogen) atoms. The van der Waals surface area contributed by atoms with E-state index in [4.69, 9.17) is 14.6 Å². The molecule has 0 N–H and O–H groups in total. The van der Waals surface area contributed by atoms with Crippen LogP contribution < -0.4 is 13.9 Å². The molecule has 2 aromatic heterocycles. The van der Waals surface area contributed by atoms with Crippen molar-refractivity contribution in [1.29, 1.82) is 0 Å². The van der Waals surface area contributed by atoms with Crippen LogP contribution in [0.15, 0.2) is 60.9 Å². The first-order valence-corrected chi connectivity index (χ1v) is 11.0. The minimum atomic E-state index is 0.259. The maximum absolute atomic E-state index is 5.56. The second-order valence-electron chi connectivity index (χ2n) is 5.94. The molecule has 6 heteroatoms. The summed E-state index contributed by atoms with van der Waals surface area (Å²) in [6.45, 7) is 0. The van der Waals surface area contributed by atoms with Gasteiger partial charge in [0.1, 0.15) is 0 Å². The first-order chi connectivity index (χ1) is 13.2. The van der Waals surface area contributed by atoms with E-state index in [2.05, 4.69) is 35.1 Å². The zero-order chi connectivity index (χ0) is 18.8. The molecule has 0 amide bonds. The standard InChI is InChI=1S/C21H19N3O2Se/c1-25-19-9-15(10-20(27-3)21(19)26-2)18-13-22-12-16-11-17(23-24(16)18)14-7-5-4-6-8-14/h4-13H,1-3H3. The number of fused-ring (bicyclic) bond motifs is 1. The molecule has 5 nitrogen and oxygen atoms in total. The van der Waals surface area contributed by atoms with Gasteiger partial charge in [-0.1, -0.05) is 0 Å². The van der Waals surface area contributed by atoms with Gasteiger partial charge in [0.2, 0.25) is 0 Å². The van der Waals surface area contributed by atoms with E-state index in [-0.39, 0.29) is 15.0 Å². The summed E-state index contributed by atoms with van der Waals surface area (Å²) in [6.07, 6.45) is 3.66. The zero-order valence-electron chi connectivity index (χ0n) is 15.3. The molecule has 4 rings (SSSR count).